The van der Waals surface area contributed by atoms with E-state index in [4.69, 9.17) is 0 Å². The van der Waals surface area contributed by atoms with Gasteiger partial charge in [-0.3, -0.25) is 0 Å². The normalized spacial score (nSPS) is 6.86. The van der Waals surface area contributed by atoms with Crippen molar-refractivity contribution in [2.75, 3.05) is 0 Å². The third-order valence-corrected chi connectivity index (χ3v) is 0.607. The van der Waals surface area contributed by atoms with Gasteiger partial charge in [-0.15, -0.1) is 0 Å². The van der Waals surface area contributed by atoms with E-state index in [1.807, 2.05) is 30.3 Å². The van der Waals surface area contributed by atoms with Gasteiger partial charge in [-0.2, -0.15) is 0 Å². The van der Waals surface area contributed by atoms with E-state index in [0.29, 0.717) is 0 Å². The Balaban J connectivity index is 0.000000360. The summed E-state index contributed by atoms with van der Waals surface area (Å²) in [5.41, 5.74) is 0. The van der Waals surface area contributed by atoms with E-state index in [1.165, 1.54) is 0 Å². The third-order valence-electron chi connectivity index (χ3n) is 0.607. The summed E-state index contributed by atoms with van der Waals surface area (Å²) in [6, 6.07) is 12.5. The molecule has 0 bridgehead atoms. The molecule has 0 fully saturated rings. The van der Waals surface area contributed by atoms with E-state index in [-0.39, 0.29) is 22.4 Å². The zero-order valence-electron chi connectivity index (χ0n) is 3.69. The number of benzene rings is 1. The molecular weight excluding hydrogens is 180 g/mol. The first-order chi connectivity index (χ1) is 3.00. The molecule has 1 aromatic carbocycles. The van der Waals surface area contributed by atoms with Crippen LogP contribution in [-0.4, -0.2) is 0 Å². The van der Waals surface area contributed by atoms with Crippen LogP contribution in [0.5, 0.6) is 0 Å². The summed E-state index contributed by atoms with van der Waals surface area (Å²) in [4.78, 5) is 0. The van der Waals surface area contributed by atoms with Crippen LogP contribution in [0, 0.1) is 6.07 Å². The van der Waals surface area contributed by atoms with Gasteiger partial charge in [-0.05, 0) is 6.07 Å². The van der Waals surface area contributed by atoms with Crippen LogP contribution in [0.2, 0.25) is 0 Å². The van der Waals surface area contributed by atoms with Gasteiger partial charge in [-0.25, -0.2) is 0 Å². The first-order valence-corrected chi connectivity index (χ1v) is 1.91. The molecule has 0 unspecified atom stereocenters. The fraction of sp³-hybridized carbons (Fsp3) is 0. The van der Waals surface area contributed by atoms with E-state index >= 15 is 0 Å². The maximum absolute atomic E-state index is 2.89. The Morgan fingerprint density at radius 3 is 1.57 bits per heavy atom. The van der Waals surface area contributed by atoms with Crippen LogP contribution in [0.25, 0.3) is 0 Å². The molecule has 1 rings (SSSR count). The number of rotatable bonds is 0. The van der Waals surface area contributed by atoms with Crippen molar-refractivity contribution in [3.05, 3.63) is 36.4 Å². The minimum Gasteiger partial charge on any atom is -0.0622 e. The number of hydrogen-bond acceptors (Lipinski definition) is 0. The molecule has 1 heteroatoms. The van der Waals surface area contributed by atoms with Gasteiger partial charge in [-0.1, -0.05) is 30.3 Å². The average molecular weight is 185 g/mol. The largest absolute Gasteiger partial charge is 0.0622 e. The van der Waals surface area contributed by atoms with Crippen LogP contribution in [0.4, 0.5) is 0 Å². The van der Waals surface area contributed by atoms with Crippen molar-refractivity contribution in [3.63, 3.8) is 0 Å². The summed E-state index contributed by atoms with van der Waals surface area (Å²) in [6.07, 6.45) is 0. The van der Waals surface area contributed by atoms with E-state index < -0.39 is 0 Å². The fourth-order valence-corrected chi connectivity index (χ4v) is 0.342. The first-order valence-electron chi connectivity index (χ1n) is 1.91. The molecule has 0 nitrogen and oxygen atoms in total. The second-order valence-corrected chi connectivity index (χ2v) is 1.08. The second-order valence-electron chi connectivity index (χ2n) is 1.08. The molecule has 7 heavy (non-hydrogen) atoms. The van der Waals surface area contributed by atoms with Crippen molar-refractivity contribution >= 4 is 0 Å². The summed E-state index contributed by atoms with van der Waals surface area (Å²) in [5.74, 6) is 0. The second kappa shape index (κ2) is 4.13. The standard InChI is InChI=1S/C6H5.Ag/c1-2-4-6-5-3-1;/h1-5H;. The van der Waals surface area contributed by atoms with Gasteiger partial charge in [0.15, 0.2) is 0 Å². The quantitative estimate of drug-likeness (QED) is 0.537. The molecule has 40 valence electrons. The predicted octanol–water partition coefficient (Wildman–Crippen LogP) is 1.48. The van der Waals surface area contributed by atoms with Crippen LogP contribution >= 0.6 is 0 Å². The van der Waals surface area contributed by atoms with Crippen LogP contribution in [0.1, 0.15) is 0 Å². The predicted molar refractivity (Wildman–Crippen MR) is 25.3 cm³/mol. The summed E-state index contributed by atoms with van der Waals surface area (Å²) >= 11 is 0. The first kappa shape index (κ1) is 6.96. The molecule has 0 spiro atoms. The van der Waals surface area contributed by atoms with Crippen molar-refractivity contribution in [1.82, 2.24) is 0 Å². The Labute approximate surface area is 59.1 Å². The Morgan fingerprint density at radius 2 is 1.43 bits per heavy atom. The van der Waals surface area contributed by atoms with Crippen LogP contribution in [-0.2, 0) is 22.4 Å². The van der Waals surface area contributed by atoms with Gasteiger partial charge in [0.05, 0.1) is 0 Å². The molecule has 0 heterocycles. The maximum Gasteiger partial charge on any atom is 0 e. The summed E-state index contributed by atoms with van der Waals surface area (Å²) < 4.78 is 0. The summed E-state index contributed by atoms with van der Waals surface area (Å²) in [6.45, 7) is 0. The Bertz CT molecular complexity index is 76.1. The molecule has 1 aromatic rings. The molecule has 0 aromatic heterocycles. The van der Waals surface area contributed by atoms with Gasteiger partial charge in [0, 0.05) is 22.4 Å². The minimum atomic E-state index is 0. The van der Waals surface area contributed by atoms with Crippen molar-refractivity contribution < 1.29 is 22.4 Å². The van der Waals surface area contributed by atoms with E-state index in [2.05, 4.69) is 6.07 Å². The zero-order valence-corrected chi connectivity index (χ0v) is 5.17. The maximum atomic E-state index is 2.89. The van der Waals surface area contributed by atoms with Crippen LogP contribution in [0.3, 0.4) is 0 Å². The Morgan fingerprint density at radius 1 is 0.857 bits per heavy atom. The van der Waals surface area contributed by atoms with Gasteiger partial charge in [0.25, 0.3) is 0 Å². The number of hydrogen-bond donors (Lipinski definition) is 0. The molecule has 0 amide bonds. The molecule has 2 radical (unpaired) electrons. The molecule has 0 aliphatic carbocycles. The topological polar surface area (TPSA) is 0 Å². The van der Waals surface area contributed by atoms with Gasteiger partial charge < -0.3 is 0 Å². The molecule has 0 aliphatic rings. The molecular formula is C6H5Ag. The van der Waals surface area contributed by atoms with Crippen molar-refractivity contribution in [3.8, 4) is 0 Å². The summed E-state index contributed by atoms with van der Waals surface area (Å²) in [7, 11) is 0. The van der Waals surface area contributed by atoms with E-state index in [9.17, 15) is 0 Å². The van der Waals surface area contributed by atoms with Crippen LogP contribution < -0.4 is 0 Å². The molecule has 0 atom stereocenters. The zero-order chi connectivity index (χ0) is 4.24. The Kier molecular flexibility index (Phi) is 4.10. The van der Waals surface area contributed by atoms with Crippen LogP contribution in [0.15, 0.2) is 30.3 Å². The van der Waals surface area contributed by atoms with Crippen molar-refractivity contribution in [1.29, 1.82) is 0 Å². The van der Waals surface area contributed by atoms with Crippen molar-refractivity contribution in [2.45, 2.75) is 0 Å². The molecule has 0 saturated carbocycles. The fourth-order valence-electron chi connectivity index (χ4n) is 0.342. The minimum absolute atomic E-state index is 0. The summed E-state index contributed by atoms with van der Waals surface area (Å²) in [5, 5.41) is 0. The van der Waals surface area contributed by atoms with Crippen molar-refractivity contribution in [2.24, 2.45) is 0 Å². The van der Waals surface area contributed by atoms with E-state index in [0.717, 1.165) is 0 Å². The van der Waals surface area contributed by atoms with Gasteiger partial charge >= 0.3 is 0 Å². The van der Waals surface area contributed by atoms with E-state index in [1.54, 1.807) is 0 Å². The molecule has 0 saturated heterocycles. The van der Waals surface area contributed by atoms with Gasteiger partial charge in [0.1, 0.15) is 0 Å². The smallest absolute Gasteiger partial charge is 0 e. The Hall–Kier alpha value is -0.0397. The third kappa shape index (κ3) is 2.63. The SMILES string of the molecule is [Ag].[c]1ccccc1. The average Bonchev–Trinajstić information content (AvgIpc) is 1.72. The molecule has 0 aliphatic heterocycles. The molecule has 0 N–H and O–H groups in total. The monoisotopic (exact) mass is 184 g/mol. The van der Waals surface area contributed by atoms with Gasteiger partial charge in [0.2, 0.25) is 0 Å².